The van der Waals surface area contributed by atoms with Gasteiger partial charge in [-0.1, -0.05) is 179 Å². The molecule has 2 heteroatoms. The fraction of sp³-hybridized carbons (Fsp3) is 0.123. The summed E-state index contributed by atoms with van der Waals surface area (Å²) < 4.78 is 0. The summed E-state index contributed by atoms with van der Waals surface area (Å²) in [5.74, 6) is 0. The normalized spacial score (nSPS) is 15.5. The highest BCUT2D eigenvalue weighted by atomic mass is 15.2. The van der Waals surface area contributed by atoms with Crippen molar-refractivity contribution in [3.63, 3.8) is 0 Å². The molecule has 0 bridgehead atoms. The summed E-state index contributed by atoms with van der Waals surface area (Å²) in [5.41, 5.74) is 20.3. The van der Waals surface area contributed by atoms with Gasteiger partial charge in [-0.05, 0) is 109 Å². The van der Waals surface area contributed by atoms with Gasteiger partial charge in [0.15, 0.2) is 0 Å². The monoisotopic (exact) mass is 758 g/mol. The molecule has 0 amide bonds. The van der Waals surface area contributed by atoms with E-state index in [0.717, 1.165) is 6.42 Å². The average Bonchev–Trinajstić information content (AvgIpc) is 3.50. The predicted molar refractivity (Wildman–Crippen MR) is 251 cm³/mol. The lowest BCUT2D eigenvalue weighted by Crippen LogP contribution is -2.30. The lowest BCUT2D eigenvalue weighted by Gasteiger charge is -2.42. The van der Waals surface area contributed by atoms with E-state index < -0.39 is 0 Å². The molecule has 0 aromatic heterocycles. The van der Waals surface area contributed by atoms with E-state index in [1.54, 1.807) is 0 Å². The maximum atomic E-state index is 2.47. The quantitative estimate of drug-likeness (QED) is 0.161. The molecule has 0 radical (unpaired) electrons. The van der Waals surface area contributed by atoms with E-state index in [4.69, 9.17) is 0 Å². The molecule has 0 unspecified atom stereocenters. The second-order valence-corrected chi connectivity index (χ2v) is 17.4. The van der Waals surface area contributed by atoms with E-state index in [1.807, 2.05) is 0 Å². The third-order valence-electron chi connectivity index (χ3n) is 13.3. The molecule has 8 aromatic carbocycles. The second kappa shape index (κ2) is 13.3. The fourth-order valence-electron chi connectivity index (χ4n) is 10.1. The van der Waals surface area contributed by atoms with Crippen molar-refractivity contribution in [1.82, 2.24) is 0 Å². The van der Waals surface area contributed by atoms with Gasteiger partial charge in [0, 0.05) is 33.8 Å². The molecule has 0 spiro atoms. The van der Waals surface area contributed by atoms with Crippen molar-refractivity contribution in [1.29, 1.82) is 0 Å². The minimum Gasteiger partial charge on any atom is -0.317 e. The lowest BCUT2D eigenvalue weighted by molar-refractivity contribution is 0.632. The van der Waals surface area contributed by atoms with E-state index in [2.05, 4.69) is 232 Å². The number of allylic oxidation sites excluding steroid dienone is 1. The number of rotatable bonds is 5. The van der Waals surface area contributed by atoms with Crippen LogP contribution < -0.4 is 9.80 Å². The van der Waals surface area contributed by atoms with Crippen molar-refractivity contribution in [3.05, 3.63) is 221 Å². The molecular formula is C57H46N2. The molecular weight excluding hydrogens is 713 g/mol. The van der Waals surface area contributed by atoms with Gasteiger partial charge in [-0.2, -0.15) is 0 Å². The summed E-state index contributed by atoms with van der Waals surface area (Å²) in [6, 6.07) is 63.0. The van der Waals surface area contributed by atoms with Crippen molar-refractivity contribution < 1.29 is 0 Å². The SMILES string of the molecule is CC1(C)c2cc(/C=C/c3ccc(-c4ccc(N5c6ccccc6C(C)(C)c6ccccc65)c5ccccc45)cc3)ccc2-c2ccc(N3C=CCc4ccccc43)cc21. The molecule has 0 atom stereocenters. The molecule has 3 aliphatic rings. The average molecular weight is 759 g/mol. The van der Waals surface area contributed by atoms with E-state index in [-0.39, 0.29) is 10.8 Å². The topological polar surface area (TPSA) is 6.48 Å². The number of benzene rings is 8. The van der Waals surface area contributed by atoms with Crippen LogP contribution >= 0.6 is 0 Å². The highest BCUT2D eigenvalue weighted by Gasteiger charge is 2.38. The molecule has 284 valence electrons. The van der Waals surface area contributed by atoms with Crippen molar-refractivity contribution in [2.24, 2.45) is 0 Å². The molecule has 2 heterocycles. The van der Waals surface area contributed by atoms with Crippen LogP contribution in [0.2, 0.25) is 0 Å². The smallest absolute Gasteiger partial charge is 0.0540 e. The molecule has 2 aliphatic heterocycles. The van der Waals surface area contributed by atoms with Crippen LogP contribution in [0.4, 0.5) is 28.4 Å². The van der Waals surface area contributed by atoms with Gasteiger partial charge in [0.1, 0.15) is 0 Å². The number of hydrogen-bond donors (Lipinski definition) is 0. The van der Waals surface area contributed by atoms with E-state index >= 15 is 0 Å². The summed E-state index contributed by atoms with van der Waals surface area (Å²) in [5, 5.41) is 2.49. The van der Waals surface area contributed by atoms with Crippen LogP contribution in [0.15, 0.2) is 182 Å². The van der Waals surface area contributed by atoms with Crippen LogP contribution in [-0.2, 0) is 17.3 Å². The largest absolute Gasteiger partial charge is 0.317 e. The Morgan fingerprint density at radius 1 is 0.441 bits per heavy atom. The van der Waals surface area contributed by atoms with Gasteiger partial charge in [-0.25, -0.2) is 0 Å². The van der Waals surface area contributed by atoms with Crippen molar-refractivity contribution in [2.45, 2.75) is 44.9 Å². The summed E-state index contributed by atoms with van der Waals surface area (Å²) in [7, 11) is 0. The van der Waals surface area contributed by atoms with Crippen LogP contribution in [-0.4, -0.2) is 0 Å². The Balaban J connectivity index is 0.880. The summed E-state index contributed by atoms with van der Waals surface area (Å²) in [6.07, 6.45) is 9.96. The Morgan fingerprint density at radius 3 is 1.75 bits per heavy atom. The predicted octanol–water partition coefficient (Wildman–Crippen LogP) is 15.3. The number of nitrogens with zero attached hydrogens (tertiary/aromatic N) is 2. The Labute approximate surface area is 348 Å². The van der Waals surface area contributed by atoms with E-state index in [0.29, 0.717) is 0 Å². The number of para-hydroxylation sites is 3. The van der Waals surface area contributed by atoms with Gasteiger partial charge < -0.3 is 9.80 Å². The Bertz CT molecular complexity index is 2980. The maximum Gasteiger partial charge on any atom is 0.0540 e. The fourth-order valence-corrected chi connectivity index (χ4v) is 10.1. The third kappa shape index (κ3) is 5.54. The van der Waals surface area contributed by atoms with Crippen molar-refractivity contribution >= 4 is 51.4 Å². The highest BCUT2D eigenvalue weighted by molar-refractivity contribution is 6.07. The van der Waals surface area contributed by atoms with Crippen LogP contribution in [0.3, 0.4) is 0 Å². The third-order valence-corrected chi connectivity index (χ3v) is 13.3. The van der Waals surface area contributed by atoms with Crippen molar-refractivity contribution in [2.75, 3.05) is 9.80 Å². The summed E-state index contributed by atoms with van der Waals surface area (Å²) in [4.78, 5) is 4.81. The standard InChI is InChI=1S/C57H46N2/c1-56(2)48-18-8-11-21-54(48)59(55-22-12-9-19-49(55)56)53-34-33-43(44-16-6-7-17-47(44)53)40-28-25-38(26-29-40)23-24-39-27-31-45-46-32-30-42(37-51(46)57(3,4)50(45)36-39)58-35-13-15-41-14-5-10-20-52(41)58/h5-14,16-37H,15H2,1-4H3/b24-23+. The van der Waals surface area contributed by atoms with Crippen molar-refractivity contribution in [3.8, 4) is 22.3 Å². The Hall–Kier alpha value is -6.90. The van der Waals surface area contributed by atoms with Gasteiger partial charge in [0.25, 0.3) is 0 Å². The maximum absolute atomic E-state index is 2.47. The van der Waals surface area contributed by atoms with Gasteiger partial charge in [0.2, 0.25) is 0 Å². The molecule has 8 aromatic rings. The van der Waals surface area contributed by atoms with E-state index in [1.165, 1.54) is 100 Å². The Kier molecular flexibility index (Phi) is 7.97. The molecule has 0 saturated carbocycles. The van der Waals surface area contributed by atoms with Crippen LogP contribution in [0.1, 0.15) is 66.6 Å². The minimum absolute atomic E-state index is 0.0949. The molecule has 11 rings (SSSR count). The number of anilines is 5. The summed E-state index contributed by atoms with van der Waals surface area (Å²) in [6.45, 7) is 9.43. The first kappa shape index (κ1) is 35.3. The molecule has 0 fully saturated rings. The first-order valence-corrected chi connectivity index (χ1v) is 20.9. The molecule has 0 saturated heterocycles. The van der Waals surface area contributed by atoms with Gasteiger partial charge in [0.05, 0.1) is 17.1 Å². The van der Waals surface area contributed by atoms with Gasteiger partial charge >= 0.3 is 0 Å². The van der Waals surface area contributed by atoms with Crippen LogP contribution in [0.5, 0.6) is 0 Å². The Morgan fingerprint density at radius 2 is 1.00 bits per heavy atom. The van der Waals surface area contributed by atoms with Crippen LogP contribution in [0, 0.1) is 0 Å². The molecule has 2 nitrogen and oxygen atoms in total. The molecule has 0 N–H and O–H groups in total. The molecule has 1 aliphatic carbocycles. The zero-order chi connectivity index (χ0) is 39.9. The highest BCUT2D eigenvalue weighted by Crippen LogP contribution is 2.54. The number of hydrogen-bond acceptors (Lipinski definition) is 2. The minimum atomic E-state index is -0.110. The first-order chi connectivity index (χ1) is 28.8. The zero-order valence-corrected chi connectivity index (χ0v) is 34.1. The summed E-state index contributed by atoms with van der Waals surface area (Å²) >= 11 is 0. The van der Waals surface area contributed by atoms with Gasteiger partial charge in [-0.15, -0.1) is 0 Å². The zero-order valence-electron chi connectivity index (χ0n) is 34.1. The van der Waals surface area contributed by atoms with Gasteiger partial charge in [-0.3, -0.25) is 0 Å². The van der Waals surface area contributed by atoms with Crippen LogP contribution in [0.25, 0.3) is 45.2 Å². The second-order valence-electron chi connectivity index (χ2n) is 17.4. The lowest BCUT2D eigenvalue weighted by atomic mass is 9.73. The first-order valence-electron chi connectivity index (χ1n) is 20.9. The van der Waals surface area contributed by atoms with E-state index in [9.17, 15) is 0 Å². The number of fused-ring (bicyclic) bond motifs is 7. The molecule has 59 heavy (non-hydrogen) atoms.